The first kappa shape index (κ1) is 12.6. The average molecular weight is 268 g/mol. The molecule has 0 spiro atoms. The molecular weight excluding hydrogens is 252 g/mol. The molecule has 1 fully saturated rings. The van der Waals surface area contributed by atoms with Crippen molar-refractivity contribution >= 4 is 34.9 Å². The SMILES string of the molecule is CC1CN(c2nccc(C(N)=S)n2)CC(C)S1. The summed E-state index contributed by atoms with van der Waals surface area (Å²) in [4.78, 5) is 11.2. The Kier molecular flexibility index (Phi) is 3.83. The lowest BCUT2D eigenvalue weighted by atomic mass is 10.3. The van der Waals surface area contributed by atoms with Crippen molar-refractivity contribution in [1.82, 2.24) is 9.97 Å². The zero-order valence-corrected chi connectivity index (χ0v) is 11.6. The third kappa shape index (κ3) is 3.07. The van der Waals surface area contributed by atoms with Crippen LogP contribution in [0.4, 0.5) is 5.95 Å². The fraction of sp³-hybridized carbons (Fsp3) is 0.545. The van der Waals surface area contributed by atoms with Gasteiger partial charge in [-0.3, -0.25) is 0 Å². The Hall–Kier alpha value is -0.880. The van der Waals surface area contributed by atoms with Crippen LogP contribution >= 0.6 is 24.0 Å². The second kappa shape index (κ2) is 5.18. The van der Waals surface area contributed by atoms with Crippen molar-refractivity contribution in [3.63, 3.8) is 0 Å². The third-order valence-electron chi connectivity index (χ3n) is 2.60. The average Bonchev–Trinajstić information content (AvgIpc) is 2.28. The molecule has 1 saturated heterocycles. The lowest BCUT2D eigenvalue weighted by molar-refractivity contribution is 0.706. The molecule has 0 saturated carbocycles. The van der Waals surface area contributed by atoms with Gasteiger partial charge in [-0.05, 0) is 6.07 Å². The Morgan fingerprint density at radius 1 is 1.47 bits per heavy atom. The number of anilines is 1. The number of hydrogen-bond acceptors (Lipinski definition) is 5. The second-order valence-corrected chi connectivity index (χ2v) is 6.59. The van der Waals surface area contributed by atoms with Gasteiger partial charge in [0.2, 0.25) is 5.95 Å². The van der Waals surface area contributed by atoms with Gasteiger partial charge in [0.25, 0.3) is 0 Å². The van der Waals surface area contributed by atoms with Crippen LogP contribution in [-0.2, 0) is 0 Å². The Morgan fingerprint density at radius 2 is 2.12 bits per heavy atom. The number of hydrogen-bond donors (Lipinski definition) is 1. The molecule has 1 aliphatic rings. The monoisotopic (exact) mass is 268 g/mol. The highest BCUT2D eigenvalue weighted by Gasteiger charge is 2.24. The van der Waals surface area contributed by atoms with Crippen LogP contribution in [0.3, 0.4) is 0 Å². The molecule has 0 aliphatic carbocycles. The summed E-state index contributed by atoms with van der Waals surface area (Å²) in [5.41, 5.74) is 6.23. The van der Waals surface area contributed by atoms with Crippen LogP contribution < -0.4 is 10.6 Å². The fourth-order valence-corrected chi connectivity index (χ4v) is 3.42. The topological polar surface area (TPSA) is 55.0 Å². The summed E-state index contributed by atoms with van der Waals surface area (Å²) in [6, 6.07) is 1.75. The molecule has 2 heterocycles. The van der Waals surface area contributed by atoms with Gasteiger partial charge in [0, 0.05) is 29.8 Å². The van der Waals surface area contributed by atoms with Gasteiger partial charge in [0.15, 0.2) is 0 Å². The van der Waals surface area contributed by atoms with E-state index >= 15 is 0 Å². The van der Waals surface area contributed by atoms with E-state index in [1.54, 1.807) is 12.3 Å². The van der Waals surface area contributed by atoms with Crippen LogP contribution in [0.2, 0.25) is 0 Å². The van der Waals surface area contributed by atoms with Gasteiger partial charge < -0.3 is 10.6 Å². The summed E-state index contributed by atoms with van der Waals surface area (Å²) in [6.07, 6.45) is 1.72. The first-order valence-electron chi connectivity index (χ1n) is 5.59. The first-order chi connectivity index (χ1) is 8.06. The van der Waals surface area contributed by atoms with E-state index in [1.165, 1.54) is 0 Å². The first-order valence-corrected chi connectivity index (χ1v) is 6.94. The minimum absolute atomic E-state index is 0.320. The summed E-state index contributed by atoms with van der Waals surface area (Å²) >= 11 is 6.94. The molecule has 1 aliphatic heterocycles. The van der Waals surface area contributed by atoms with Crippen LogP contribution in [-0.4, -0.2) is 38.5 Å². The van der Waals surface area contributed by atoms with Crippen molar-refractivity contribution < 1.29 is 0 Å². The van der Waals surface area contributed by atoms with Crippen molar-refractivity contribution in [2.45, 2.75) is 24.3 Å². The van der Waals surface area contributed by atoms with Gasteiger partial charge in [-0.15, -0.1) is 0 Å². The van der Waals surface area contributed by atoms with Gasteiger partial charge in [-0.25, -0.2) is 9.97 Å². The largest absolute Gasteiger partial charge is 0.388 e. The molecule has 2 rings (SSSR count). The van der Waals surface area contributed by atoms with Crippen molar-refractivity contribution in [3.05, 3.63) is 18.0 Å². The van der Waals surface area contributed by atoms with Crippen molar-refractivity contribution in [1.29, 1.82) is 0 Å². The van der Waals surface area contributed by atoms with Gasteiger partial charge in [-0.2, -0.15) is 11.8 Å². The Labute approximate surface area is 111 Å². The second-order valence-electron chi connectivity index (χ2n) is 4.27. The van der Waals surface area contributed by atoms with E-state index in [0.29, 0.717) is 21.2 Å². The highest BCUT2D eigenvalue weighted by Crippen LogP contribution is 2.26. The molecule has 17 heavy (non-hydrogen) atoms. The van der Waals surface area contributed by atoms with Crippen LogP contribution in [0.25, 0.3) is 0 Å². The number of nitrogens with zero attached hydrogens (tertiary/aromatic N) is 3. The maximum absolute atomic E-state index is 5.59. The molecule has 2 unspecified atom stereocenters. The molecule has 1 aromatic heterocycles. The fourth-order valence-electron chi connectivity index (χ4n) is 1.98. The quantitative estimate of drug-likeness (QED) is 0.819. The maximum atomic E-state index is 5.59. The minimum Gasteiger partial charge on any atom is -0.388 e. The molecule has 1 aromatic rings. The van der Waals surface area contributed by atoms with Gasteiger partial charge in [0.1, 0.15) is 10.7 Å². The van der Waals surface area contributed by atoms with Gasteiger partial charge in [-0.1, -0.05) is 26.1 Å². The van der Waals surface area contributed by atoms with Crippen LogP contribution in [0.5, 0.6) is 0 Å². The standard InChI is InChI=1S/C11H16N4S2/c1-7-5-15(6-8(2)17-7)11-13-4-3-9(14-11)10(12)16/h3-4,7-8H,5-6H2,1-2H3,(H2,12,16). The van der Waals surface area contributed by atoms with E-state index in [9.17, 15) is 0 Å². The van der Waals surface area contributed by atoms with E-state index in [1.807, 2.05) is 11.8 Å². The maximum Gasteiger partial charge on any atom is 0.226 e. The predicted octanol–water partition coefficient (Wildman–Crippen LogP) is 1.44. The van der Waals surface area contributed by atoms with E-state index in [2.05, 4.69) is 28.7 Å². The van der Waals surface area contributed by atoms with Gasteiger partial charge >= 0.3 is 0 Å². The summed E-state index contributed by atoms with van der Waals surface area (Å²) in [6.45, 7) is 6.39. The number of rotatable bonds is 2. The van der Waals surface area contributed by atoms with E-state index in [0.717, 1.165) is 19.0 Å². The van der Waals surface area contributed by atoms with Gasteiger partial charge in [0.05, 0.1) is 0 Å². The molecule has 0 bridgehead atoms. The molecule has 0 aromatic carbocycles. The van der Waals surface area contributed by atoms with E-state index in [-0.39, 0.29) is 0 Å². The molecular formula is C11H16N4S2. The Balaban J connectivity index is 2.21. The molecule has 0 amide bonds. The normalized spacial score (nSPS) is 24.7. The van der Waals surface area contributed by atoms with Crippen LogP contribution in [0.15, 0.2) is 12.3 Å². The molecule has 4 nitrogen and oxygen atoms in total. The molecule has 92 valence electrons. The molecule has 2 atom stereocenters. The third-order valence-corrected chi connectivity index (χ3v) is 4.03. The smallest absolute Gasteiger partial charge is 0.226 e. The van der Waals surface area contributed by atoms with Crippen LogP contribution in [0, 0.1) is 0 Å². The summed E-state index contributed by atoms with van der Waals surface area (Å²) in [7, 11) is 0. The number of aromatic nitrogens is 2. The molecule has 2 N–H and O–H groups in total. The molecule has 6 heteroatoms. The van der Waals surface area contributed by atoms with Crippen molar-refractivity contribution in [2.24, 2.45) is 5.73 Å². The minimum atomic E-state index is 0.320. The Morgan fingerprint density at radius 3 is 2.71 bits per heavy atom. The highest BCUT2D eigenvalue weighted by atomic mass is 32.2. The predicted molar refractivity (Wildman–Crippen MR) is 76.6 cm³/mol. The zero-order chi connectivity index (χ0) is 12.4. The van der Waals surface area contributed by atoms with E-state index in [4.69, 9.17) is 18.0 Å². The lowest BCUT2D eigenvalue weighted by Gasteiger charge is -2.34. The summed E-state index contributed by atoms with van der Waals surface area (Å²) in [5, 5.41) is 1.19. The number of thioether (sulfide) groups is 1. The summed E-state index contributed by atoms with van der Waals surface area (Å²) in [5.74, 6) is 0.731. The zero-order valence-electron chi connectivity index (χ0n) is 9.96. The Bertz CT molecular complexity index is 414. The highest BCUT2D eigenvalue weighted by molar-refractivity contribution is 8.00. The van der Waals surface area contributed by atoms with Crippen molar-refractivity contribution in [3.8, 4) is 0 Å². The van der Waals surface area contributed by atoms with Crippen molar-refractivity contribution in [2.75, 3.05) is 18.0 Å². The molecule has 0 radical (unpaired) electrons. The van der Waals surface area contributed by atoms with Crippen LogP contribution in [0.1, 0.15) is 19.5 Å². The summed E-state index contributed by atoms with van der Waals surface area (Å²) < 4.78 is 0. The lowest BCUT2D eigenvalue weighted by Crippen LogP contribution is -2.41. The van der Waals surface area contributed by atoms with E-state index < -0.39 is 0 Å². The number of thiocarbonyl (C=S) groups is 1. The number of nitrogens with two attached hydrogens (primary N) is 1.